The van der Waals surface area contributed by atoms with Crippen LogP contribution < -0.4 is 0 Å². The van der Waals surface area contributed by atoms with Gasteiger partial charge in [-0.25, -0.2) is 4.79 Å². The van der Waals surface area contributed by atoms with E-state index in [0.717, 1.165) is 6.08 Å². The van der Waals surface area contributed by atoms with Gasteiger partial charge in [-0.3, -0.25) is 0 Å². The summed E-state index contributed by atoms with van der Waals surface area (Å²) in [5.41, 5.74) is 0. The summed E-state index contributed by atoms with van der Waals surface area (Å²) < 4.78 is 16.4. The van der Waals surface area contributed by atoms with Crippen LogP contribution in [-0.2, 0) is 18.4 Å². The summed E-state index contributed by atoms with van der Waals surface area (Å²) in [4.78, 5) is 10.9. The fraction of sp³-hybridized carbons (Fsp3) is 0.727. The Kier molecular flexibility index (Phi) is 7.28. The van der Waals surface area contributed by atoms with E-state index in [1.54, 1.807) is 0 Å². The Bertz CT molecular complexity index is 230. The number of hydrogen-bond acceptors (Lipinski definition) is 4. The summed E-state index contributed by atoms with van der Waals surface area (Å²) in [5, 5.41) is 0. The smallest absolute Gasteiger partial charge is 0.338 e. The van der Waals surface area contributed by atoms with Crippen LogP contribution in [0.3, 0.4) is 0 Å². The number of hydrogen-bond donors (Lipinski definition) is 0. The van der Waals surface area contributed by atoms with Gasteiger partial charge in [0.25, 0.3) is 0 Å². The summed E-state index contributed by atoms with van der Waals surface area (Å²) >= 11 is 0. The van der Waals surface area contributed by atoms with Gasteiger partial charge < -0.3 is 13.6 Å². The van der Waals surface area contributed by atoms with Gasteiger partial charge in [0.2, 0.25) is 0 Å². The van der Waals surface area contributed by atoms with Crippen molar-refractivity contribution in [3.8, 4) is 0 Å². The number of carbonyl (C=O) groups is 1. The van der Waals surface area contributed by atoms with Crippen molar-refractivity contribution >= 4 is 14.5 Å². The molecule has 1 unspecified atom stereocenters. The van der Waals surface area contributed by atoms with E-state index in [1.165, 1.54) is 0 Å². The van der Waals surface area contributed by atoms with Crippen molar-refractivity contribution in [2.45, 2.75) is 39.5 Å². The first-order chi connectivity index (χ1) is 7.43. The van der Waals surface area contributed by atoms with E-state index in [0.29, 0.717) is 19.3 Å². The summed E-state index contributed by atoms with van der Waals surface area (Å²) in [6, 6.07) is 0.638. The lowest BCUT2D eigenvalue weighted by Gasteiger charge is -2.28. The van der Waals surface area contributed by atoms with Crippen molar-refractivity contribution in [1.82, 2.24) is 0 Å². The minimum Gasteiger partial charge on any atom is -0.463 e. The summed E-state index contributed by atoms with van der Waals surface area (Å²) in [6.07, 6.45) is 1.28. The highest BCUT2D eigenvalue weighted by molar-refractivity contribution is 6.66. The third-order valence-corrected chi connectivity index (χ3v) is 4.88. The van der Waals surface area contributed by atoms with E-state index in [9.17, 15) is 4.79 Å². The third-order valence-electron chi connectivity index (χ3n) is 1.90. The molecule has 5 heteroatoms. The number of esters is 1. The first-order valence-corrected chi connectivity index (χ1v) is 8.07. The molecule has 0 spiro atoms. The molecule has 0 radical (unpaired) electrons. The Hall–Kier alpha value is -0.653. The van der Waals surface area contributed by atoms with E-state index in [2.05, 4.69) is 6.58 Å². The van der Waals surface area contributed by atoms with Crippen molar-refractivity contribution < 1.29 is 18.4 Å². The average molecular weight is 246 g/mol. The molecule has 0 aliphatic heterocycles. The number of ether oxygens (including phenoxy) is 1. The van der Waals surface area contributed by atoms with Gasteiger partial charge in [0, 0.05) is 24.8 Å². The van der Waals surface area contributed by atoms with Gasteiger partial charge >= 0.3 is 14.5 Å². The van der Waals surface area contributed by atoms with Gasteiger partial charge in [0.1, 0.15) is 0 Å². The van der Waals surface area contributed by atoms with E-state index in [1.807, 2.05) is 27.3 Å². The first kappa shape index (κ1) is 15.3. The normalized spacial score (nSPS) is 14.6. The predicted molar refractivity (Wildman–Crippen MR) is 65.4 cm³/mol. The van der Waals surface area contributed by atoms with Crippen LogP contribution in [0.5, 0.6) is 0 Å². The van der Waals surface area contributed by atoms with Gasteiger partial charge in [-0.1, -0.05) is 6.58 Å². The minimum atomic E-state index is -2.20. The molecule has 0 heterocycles. The average Bonchev–Trinajstić information content (AvgIpc) is 2.16. The fourth-order valence-electron chi connectivity index (χ4n) is 1.36. The van der Waals surface area contributed by atoms with E-state index >= 15 is 0 Å². The molecule has 1 atom stereocenters. The third kappa shape index (κ3) is 6.76. The molecule has 0 aromatic carbocycles. The zero-order chi connectivity index (χ0) is 12.6. The molecule has 0 N–H and O–H groups in total. The van der Waals surface area contributed by atoms with Crippen LogP contribution in [-0.4, -0.2) is 33.8 Å². The van der Waals surface area contributed by atoms with E-state index in [4.69, 9.17) is 13.6 Å². The molecule has 0 aliphatic carbocycles. The zero-order valence-electron chi connectivity index (χ0n) is 10.6. The molecule has 0 aromatic heterocycles. The Morgan fingerprint density at radius 2 is 2.12 bits per heavy atom. The molecular formula is C11H22O4Si. The highest BCUT2D eigenvalue weighted by atomic mass is 28.4. The van der Waals surface area contributed by atoms with Crippen molar-refractivity contribution in [1.29, 1.82) is 0 Å². The van der Waals surface area contributed by atoms with Gasteiger partial charge in [-0.2, -0.15) is 0 Å². The van der Waals surface area contributed by atoms with Crippen LogP contribution in [0, 0.1) is 0 Å². The Morgan fingerprint density at radius 1 is 1.50 bits per heavy atom. The molecule has 0 fully saturated rings. The van der Waals surface area contributed by atoms with Crippen molar-refractivity contribution in [2.75, 3.05) is 13.2 Å². The number of carbonyl (C=O) groups excluding carboxylic acids is 1. The molecule has 0 rings (SSSR count). The minimum absolute atomic E-state index is 0.123. The SMILES string of the molecule is C=CC(=O)OCC[Si](C)(OCC)OC(C)C. The summed E-state index contributed by atoms with van der Waals surface area (Å²) in [6.45, 7) is 12.1. The second kappa shape index (κ2) is 7.59. The maximum absolute atomic E-state index is 10.9. The van der Waals surface area contributed by atoms with Crippen molar-refractivity contribution in [3.05, 3.63) is 12.7 Å². The lowest BCUT2D eigenvalue weighted by atomic mass is 10.5. The van der Waals surface area contributed by atoms with Gasteiger partial charge in [0.05, 0.1) is 6.61 Å². The van der Waals surface area contributed by atoms with Crippen LogP contribution in [0.25, 0.3) is 0 Å². The summed E-state index contributed by atoms with van der Waals surface area (Å²) in [7, 11) is -2.20. The van der Waals surface area contributed by atoms with Crippen LogP contribution in [0.1, 0.15) is 20.8 Å². The molecule has 0 saturated carbocycles. The highest BCUT2D eigenvalue weighted by Gasteiger charge is 2.32. The maximum atomic E-state index is 10.9. The lowest BCUT2D eigenvalue weighted by Crippen LogP contribution is -2.42. The standard InChI is InChI=1S/C11H22O4Si/c1-6-11(12)13-8-9-16(5,14-7-2)15-10(3)4/h6,10H,1,7-9H2,2-5H3. The Balaban J connectivity index is 4.10. The molecule has 0 aliphatic rings. The number of rotatable bonds is 8. The Labute approximate surface area is 98.8 Å². The molecule has 94 valence electrons. The fourth-order valence-corrected chi connectivity index (χ4v) is 3.78. The van der Waals surface area contributed by atoms with Gasteiger partial charge in [0.15, 0.2) is 0 Å². The molecule has 4 nitrogen and oxygen atoms in total. The maximum Gasteiger partial charge on any atom is 0.338 e. The van der Waals surface area contributed by atoms with Gasteiger partial charge in [-0.05, 0) is 27.3 Å². The molecule has 0 amide bonds. The largest absolute Gasteiger partial charge is 0.463 e. The molecular weight excluding hydrogens is 224 g/mol. The first-order valence-electron chi connectivity index (χ1n) is 5.54. The second-order valence-corrected chi connectivity index (χ2v) is 7.15. The predicted octanol–water partition coefficient (Wildman–Crippen LogP) is 2.25. The molecule has 16 heavy (non-hydrogen) atoms. The van der Waals surface area contributed by atoms with Gasteiger partial charge in [-0.15, -0.1) is 0 Å². The molecule has 0 bridgehead atoms. The van der Waals surface area contributed by atoms with Crippen LogP contribution in [0.2, 0.25) is 12.6 Å². The van der Waals surface area contributed by atoms with Crippen molar-refractivity contribution in [2.24, 2.45) is 0 Å². The molecule has 0 aromatic rings. The molecule has 0 saturated heterocycles. The topological polar surface area (TPSA) is 44.8 Å². The zero-order valence-corrected chi connectivity index (χ0v) is 11.6. The quantitative estimate of drug-likeness (QED) is 0.374. The van der Waals surface area contributed by atoms with E-state index < -0.39 is 14.5 Å². The lowest BCUT2D eigenvalue weighted by molar-refractivity contribution is -0.137. The second-order valence-electron chi connectivity index (χ2n) is 3.86. The highest BCUT2D eigenvalue weighted by Crippen LogP contribution is 2.16. The Morgan fingerprint density at radius 3 is 2.56 bits per heavy atom. The summed E-state index contributed by atoms with van der Waals surface area (Å²) in [5.74, 6) is -0.405. The van der Waals surface area contributed by atoms with E-state index in [-0.39, 0.29) is 6.10 Å². The monoisotopic (exact) mass is 246 g/mol. The van der Waals surface area contributed by atoms with Crippen LogP contribution >= 0.6 is 0 Å². The van der Waals surface area contributed by atoms with Crippen molar-refractivity contribution in [3.63, 3.8) is 0 Å². The van der Waals surface area contributed by atoms with Crippen LogP contribution in [0.4, 0.5) is 0 Å². The van der Waals surface area contributed by atoms with Crippen LogP contribution in [0.15, 0.2) is 12.7 Å².